The Morgan fingerprint density at radius 1 is 1.09 bits per heavy atom. The first-order valence-corrected chi connectivity index (χ1v) is 15.3. The zero-order chi connectivity index (χ0) is 31.7. The van der Waals surface area contributed by atoms with Crippen LogP contribution in [-0.2, 0) is 24.8 Å². The molecule has 10 nitrogen and oxygen atoms in total. The summed E-state index contributed by atoms with van der Waals surface area (Å²) in [5.74, 6) is 1.52. The Morgan fingerprint density at radius 3 is 2.69 bits per heavy atom. The first-order valence-electron chi connectivity index (χ1n) is 15.3. The number of ether oxygens (including phenoxy) is 3. The zero-order valence-electron chi connectivity index (χ0n) is 26.2. The van der Waals surface area contributed by atoms with Crippen LogP contribution in [0.15, 0.2) is 66.9 Å². The number of aryl methyl sites for hydroxylation is 1. The molecule has 0 saturated heterocycles. The summed E-state index contributed by atoms with van der Waals surface area (Å²) in [7, 11) is 4.00. The number of benzene rings is 3. The maximum Gasteiger partial charge on any atom is 0.258 e. The fourth-order valence-corrected chi connectivity index (χ4v) is 6.19. The Morgan fingerprint density at radius 2 is 1.87 bits per heavy atom. The first kappa shape index (κ1) is 30.5. The molecule has 0 radical (unpaired) electrons. The predicted molar refractivity (Wildman–Crippen MR) is 172 cm³/mol. The summed E-state index contributed by atoms with van der Waals surface area (Å²) in [5, 5.41) is 14.0. The minimum atomic E-state index is -0.387. The average Bonchev–Trinajstić information content (AvgIpc) is 3.62. The van der Waals surface area contributed by atoms with E-state index in [9.17, 15) is 14.7 Å². The Hall–Kier alpha value is -4.54. The van der Waals surface area contributed by atoms with Crippen LogP contribution in [0.1, 0.15) is 35.3 Å². The van der Waals surface area contributed by atoms with Gasteiger partial charge in [-0.05, 0) is 61.5 Å². The highest BCUT2D eigenvalue weighted by molar-refractivity contribution is 6.00. The molecular weight excluding hydrogens is 572 g/mol. The van der Waals surface area contributed by atoms with E-state index in [2.05, 4.69) is 17.1 Å². The first-order chi connectivity index (χ1) is 21.7. The van der Waals surface area contributed by atoms with Crippen LogP contribution < -0.4 is 19.5 Å². The van der Waals surface area contributed by atoms with E-state index in [4.69, 9.17) is 14.2 Å². The van der Waals surface area contributed by atoms with Gasteiger partial charge >= 0.3 is 0 Å². The average molecular weight is 613 g/mol. The van der Waals surface area contributed by atoms with E-state index in [1.54, 1.807) is 23.1 Å². The Balaban J connectivity index is 1.21. The normalized spacial score (nSPS) is 18.4. The molecule has 6 rings (SSSR count). The van der Waals surface area contributed by atoms with Gasteiger partial charge < -0.3 is 34.1 Å². The van der Waals surface area contributed by atoms with E-state index in [1.165, 1.54) is 0 Å². The number of nitrogens with one attached hydrogen (secondary N) is 1. The van der Waals surface area contributed by atoms with Gasteiger partial charge in [-0.3, -0.25) is 14.5 Å². The number of carbonyl (C=O) groups is 2. The molecule has 3 heterocycles. The second kappa shape index (κ2) is 12.8. The van der Waals surface area contributed by atoms with Gasteiger partial charge in [0.1, 0.15) is 11.9 Å². The highest BCUT2D eigenvalue weighted by Crippen LogP contribution is 2.34. The topological polar surface area (TPSA) is 106 Å². The standard InChI is InChI=1S/C35H40N4O6/c1-22-16-39(23(2)20-40)35(42)28-15-26(36-34(41)14-25-18-38(4)29-8-6-5-7-27(25)29)10-12-30(28)45-33(22)19-37(3)17-24-9-11-31-32(13-24)44-21-43-31/h5-13,15,18,22-23,33,40H,14,16-17,19-21H2,1-4H3,(H,36,41)/t22-,23+,33+/m0/s1. The van der Waals surface area contributed by atoms with E-state index in [-0.39, 0.29) is 49.7 Å². The van der Waals surface area contributed by atoms with Crippen molar-refractivity contribution in [3.05, 3.63) is 83.6 Å². The molecule has 4 aromatic rings. The monoisotopic (exact) mass is 612 g/mol. The summed E-state index contributed by atoms with van der Waals surface area (Å²) >= 11 is 0. The van der Waals surface area contributed by atoms with Crippen molar-refractivity contribution in [2.75, 3.05) is 38.9 Å². The molecule has 2 aliphatic heterocycles. The lowest BCUT2D eigenvalue weighted by Crippen LogP contribution is -2.49. The SMILES string of the molecule is C[C@H](CO)N1C[C@H](C)[C@@H](CN(C)Cc2ccc3c(c2)OCO3)Oc2ccc(NC(=O)Cc3cn(C)c4ccccc34)cc2C1=O. The molecule has 45 heavy (non-hydrogen) atoms. The molecule has 0 saturated carbocycles. The van der Waals surface area contributed by atoms with Crippen molar-refractivity contribution in [1.82, 2.24) is 14.4 Å². The number of hydrogen-bond acceptors (Lipinski definition) is 7. The van der Waals surface area contributed by atoms with Gasteiger partial charge in [-0.1, -0.05) is 31.2 Å². The Bertz CT molecular complexity index is 1720. The van der Waals surface area contributed by atoms with Gasteiger partial charge in [0.25, 0.3) is 5.91 Å². The molecular formula is C35H40N4O6. The minimum Gasteiger partial charge on any atom is -0.488 e. The smallest absolute Gasteiger partial charge is 0.258 e. The van der Waals surface area contributed by atoms with Gasteiger partial charge in [0.2, 0.25) is 12.7 Å². The molecule has 3 atom stereocenters. The van der Waals surface area contributed by atoms with Crippen molar-refractivity contribution in [3.63, 3.8) is 0 Å². The van der Waals surface area contributed by atoms with Gasteiger partial charge in [0, 0.05) is 55.4 Å². The van der Waals surface area contributed by atoms with Crippen LogP contribution in [0.4, 0.5) is 5.69 Å². The van der Waals surface area contributed by atoms with E-state index in [1.807, 2.05) is 74.2 Å². The number of aliphatic hydroxyl groups excluding tert-OH is 1. The lowest BCUT2D eigenvalue weighted by molar-refractivity contribution is -0.115. The van der Waals surface area contributed by atoms with Crippen molar-refractivity contribution in [1.29, 1.82) is 0 Å². The Kier molecular flexibility index (Phi) is 8.69. The molecule has 0 fully saturated rings. The van der Waals surface area contributed by atoms with Crippen LogP contribution in [0, 0.1) is 5.92 Å². The molecule has 0 spiro atoms. The number of para-hydroxylation sites is 1. The van der Waals surface area contributed by atoms with Crippen LogP contribution in [0.2, 0.25) is 0 Å². The van der Waals surface area contributed by atoms with Gasteiger partial charge in [-0.2, -0.15) is 0 Å². The molecule has 2 N–H and O–H groups in total. The molecule has 10 heteroatoms. The summed E-state index contributed by atoms with van der Waals surface area (Å²) in [6.07, 6.45) is 1.93. The number of aromatic nitrogens is 1. The number of anilines is 1. The second-order valence-electron chi connectivity index (χ2n) is 12.2. The highest BCUT2D eigenvalue weighted by atomic mass is 16.7. The second-order valence-corrected chi connectivity index (χ2v) is 12.2. The molecule has 236 valence electrons. The van der Waals surface area contributed by atoms with Crippen molar-refractivity contribution in [2.24, 2.45) is 13.0 Å². The molecule has 2 aliphatic rings. The Labute approximate surface area is 263 Å². The van der Waals surface area contributed by atoms with Crippen LogP contribution in [0.3, 0.4) is 0 Å². The molecule has 2 amide bonds. The lowest BCUT2D eigenvalue weighted by atomic mass is 9.99. The van der Waals surface area contributed by atoms with E-state index in [0.717, 1.165) is 33.5 Å². The predicted octanol–water partition coefficient (Wildman–Crippen LogP) is 4.44. The summed E-state index contributed by atoms with van der Waals surface area (Å²) < 4.78 is 19.6. The van der Waals surface area contributed by atoms with Gasteiger partial charge in [0.15, 0.2) is 11.5 Å². The lowest BCUT2D eigenvalue weighted by Gasteiger charge is -2.38. The van der Waals surface area contributed by atoms with E-state index in [0.29, 0.717) is 36.6 Å². The number of rotatable bonds is 9. The van der Waals surface area contributed by atoms with Crippen LogP contribution in [-0.4, -0.2) is 77.0 Å². The van der Waals surface area contributed by atoms with E-state index >= 15 is 0 Å². The number of hydrogen-bond donors (Lipinski definition) is 2. The van der Waals surface area contributed by atoms with Crippen LogP contribution in [0.25, 0.3) is 10.9 Å². The number of fused-ring (bicyclic) bond motifs is 3. The maximum atomic E-state index is 13.9. The van der Waals surface area contributed by atoms with Crippen molar-refractivity contribution in [3.8, 4) is 17.2 Å². The fraction of sp³-hybridized carbons (Fsp3) is 0.371. The number of nitrogens with zero attached hydrogens (tertiary/aromatic N) is 3. The largest absolute Gasteiger partial charge is 0.488 e. The third-order valence-corrected chi connectivity index (χ3v) is 8.66. The van der Waals surface area contributed by atoms with Gasteiger partial charge in [0.05, 0.1) is 24.6 Å². The molecule has 1 aromatic heterocycles. The van der Waals surface area contributed by atoms with Gasteiger partial charge in [-0.25, -0.2) is 0 Å². The summed E-state index contributed by atoms with van der Waals surface area (Å²) in [5.41, 5.74) is 3.95. The molecule has 0 unspecified atom stereocenters. The maximum absolute atomic E-state index is 13.9. The summed E-state index contributed by atoms with van der Waals surface area (Å²) in [6, 6.07) is 18.8. The number of carbonyl (C=O) groups excluding carboxylic acids is 2. The highest BCUT2D eigenvalue weighted by Gasteiger charge is 2.33. The molecule has 3 aromatic carbocycles. The fourth-order valence-electron chi connectivity index (χ4n) is 6.19. The number of amides is 2. The summed E-state index contributed by atoms with van der Waals surface area (Å²) in [4.78, 5) is 30.9. The minimum absolute atomic E-state index is 0.0182. The number of aliphatic hydroxyl groups is 1. The zero-order valence-corrected chi connectivity index (χ0v) is 26.2. The van der Waals surface area contributed by atoms with E-state index < -0.39 is 0 Å². The molecule has 0 aliphatic carbocycles. The third-order valence-electron chi connectivity index (χ3n) is 8.66. The molecule has 0 bridgehead atoms. The quantitative estimate of drug-likeness (QED) is 0.288. The van der Waals surface area contributed by atoms with Gasteiger partial charge in [-0.15, -0.1) is 0 Å². The summed E-state index contributed by atoms with van der Waals surface area (Å²) in [6.45, 7) is 5.67. The van der Waals surface area contributed by atoms with Crippen molar-refractivity contribution < 1.29 is 28.9 Å². The van der Waals surface area contributed by atoms with Crippen LogP contribution in [0.5, 0.6) is 17.2 Å². The van der Waals surface area contributed by atoms with Crippen LogP contribution >= 0.6 is 0 Å². The number of likely N-dealkylation sites (N-methyl/N-ethyl adjacent to an activating group) is 1. The van der Waals surface area contributed by atoms with Crippen molar-refractivity contribution in [2.45, 2.75) is 39.0 Å². The van der Waals surface area contributed by atoms with Crippen molar-refractivity contribution >= 4 is 28.4 Å². The third kappa shape index (κ3) is 6.48.